The summed E-state index contributed by atoms with van der Waals surface area (Å²) in [5.41, 5.74) is 16.5. The maximum Gasteiger partial charge on any atom is 0.263 e. The van der Waals surface area contributed by atoms with Crippen LogP contribution in [-0.2, 0) is 5.41 Å². The minimum Gasteiger partial charge on any atom is -0.274 e. The lowest BCUT2D eigenvalue weighted by atomic mass is 9.70. The van der Waals surface area contributed by atoms with Crippen LogP contribution < -0.4 is 11.1 Å². The van der Waals surface area contributed by atoms with E-state index in [2.05, 4.69) is 182 Å². The van der Waals surface area contributed by atoms with Crippen LogP contribution in [0.5, 0.6) is 0 Å². The third kappa shape index (κ3) is 4.13. The van der Waals surface area contributed by atoms with Crippen molar-refractivity contribution in [2.45, 2.75) is 5.41 Å². The zero-order chi connectivity index (χ0) is 43.9. The van der Waals surface area contributed by atoms with E-state index in [0.29, 0.717) is 10.8 Å². The second-order valence-corrected chi connectivity index (χ2v) is 18.5. The second-order valence-electron chi connectivity index (χ2n) is 18.5. The van der Waals surface area contributed by atoms with Crippen LogP contribution in [0.1, 0.15) is 22.3 Å². The van der Waals surface area contributed by atoms with Gasteiger partial charge in [0.1, 0.15) is 0 Å². The number of pyridine rings is 2. The maximum absolute atomic E-state index is 15.3. The Morgan fingerprint density at radius 2 is 0.642 bits per heavy atom. The number of nitrogens with zero attached hydrogens (tertiary/aromatic N) is 2. The Labute approximate surface area is 382 Å². The van der Waals surface area contributed by atoms with Crippen LogP contribution in [0.15, 0.2) is 216 Å². The molecule has 4 heteroatoms. The van der Waals surface area contributed by atoms with Gasteiger partial charge < -0.3 is 0 Å². The predicted molar refractivity (Wildman–Crippen MR) is 275 cm³/mol. The molecule has 0 N–H and O–H groups in total. The summed E-state index contributed by atoms with van der Waals surface area (Å²) in [6.07, 6.45) is 0. The Balaban J connectivity index is 1.03. The Morgan fingerprint density at radius 1 is 0.269 bits per heavy atom. The standard InChI is InChI=1S/C63H34N2O2/c66-61-45-27-25-37(35-13-3-1-4-14-35)33-49(45)41-21-11-19-39-43-29-31-53-55(59(43)64(61)57(39)41)47-17-7-9-23-51(47)63(53)52-24-10-8-18-48(52)56-54(63)32-30-44-40-20-12-22-42-50-34-38(36-15-5-2-6-16-36)26-28-46(50)62(67)65(58(40)42)60(44)56/h1-34H. The third-order valence-corrected chi connectivity index (χ3v) is 15.6. The maximum atomic E-state index is 15.3. The van der Waals surface area contributed by atoms with Crippen molar-refractivity contribution < 1.29 is 0 Å². The SMILES string of the molecule is O=c1c2ccc(-c3ccccc3)cc2c2cccc3c4ccc5c(c4n1c23)-c1ccccc1C51c2ccccc2-c2c1ccc1c3cccc4c5cc(-c6ccccc6)ccc5c(=O)n(c21)c43. The van der Waals surface area contributed by atoms with Crippen LogP contribution in [0.25, 0.3) is 120 Å². The first-order valence-electron chi connectivity index (χ1n) is 23.0. The van der Waals surface area contributed by atoms with Crippen LogP contribution >= 0.6 is 0 Å². The van der Waals surface area contributed by atoms with E-state index in [4.69, 9.17) is 0 Å². The van der Waals surface area contributed by atoms with E-state index < -0.39 is 5.41 Å². The van der Waals surface area contributed by atoms with Crippen LogP contribution in [0.4, 0.5) is 0 Å². The quantitative estimate of drug-likeness (QED) is 0.163. The Hall–Kier alpha value is -8.86. The Morgan fingerprint density at radius 3 is 1.09 bits per heavy atom. The number of benzene rings is 10. The highest BCUT2D eigenvalue weighted by molar-refractivity contribution is 6.26. The van der Waals surface area contributed by atoms with Crippen LogP contribution in [0.3, 0.4) is 0 Å². The molecule has 2 aliphatic carbocycles. The van der Waals surface area contributed by atoms with Crippen LogP contribution in [-0.4, -0.2) is 8.80 Å². The molecule has 0 aliphatic heterocycles. The molecule has 14 aromatic rings. The third-order valence-electron chi connectivity index (χ3n) is 15.6. The molecule has 4 nitrogen and oxygen atoms in total. The molecular formula is C63H34N2O2. The first-order valence-corrected chi connectivity index (χ1v) is 23.0. The van der Waals surface area contributed by atoms with Gasteiger partial charge in [-0.3, -0.25) is 18.4 Å². The molecular weight excluding hydrogens is 817 g/mol. The van der Waals surface area contributed by atoms with Gasteiger partial charge in [0.15, 0.2) is 0 Å². The van der Waals surface area contributed by atoms with Gasteiger partial charge in [-0.25, -0.2) is 0 Å². The van der Waals surface area contributed by atoms with Gasteiger partial charge in [-0.05, 0) is 90.7 Å². The minimum atomic E-state index is -0.722. The predicted octanol–water partition coefficient (Wildman–Crippen LogP) is 14.4. The molecule has 308 valence electrons. The summed E-state index contributed by atoms with van der Waals surface area (Å²) in [5.74, 6) is 0. The zero-order valence-electron chi connectivity index (χ0n) is 35.8. The number of para-hydroxylation sites is 2. The molecule has 0 fully saturated rings. The van der Waals surface area contributed by atoms with E-state index in [1.54, 1.807) is 0 Å². The number of hydrogen-bond acceptors (Lipinski definition) is 2. The molecule has 2 aliphatic rings. The normalized spacial score (nSPS) is 13.6. The van der Waals surface area contributed by atoms with E-state index in [9.17, 15) is 0 Å². The fraction of sp³-hybridized carbons (Fsp3) is 0.0159. The highest BCUT2D eigenvalue weighted by atomic mass is 16.1. The summed E-state index contributed by atoms with van der Waals surface area (Å²) in [6.45, 7) is 0. The zero-order valence-corrected chi connectivity index (χ0v) is 35.8. The van der Waals surface area contributed by atoms with Gasteiger partial charge in [0.05, 0.1) is 27.5 Å². The monoisotopic (exact) mass is 850 g/mol. The fourth-order valence-electron chi connectivity index (χ4n) is 13.0. The minimum absolute atomic E-state index is 0.0152. The van der Waals surface area contributed by atoms with Gasteiger partial charge in [-0.2, -0.15) is 0 Å². The molecule has 0 saturated carbocycles. The van der Waals surface area contributed by atoms with Crippen LogP contribution in [0.2, 0.25) is 0 Å². The summed E-state index contributed by atoms with van der Waals surface area (Å²) < 4.78 is 4.05. The lowest BCUT2D eigenvalue weighted by Gasteiger charge is -2.30. The van der Waals surface area contributed by atoms with Crippen molar-refractivity contribution in [1.29, 1.82) is 0 Å². The van der Waals surface area contributed by atoms with Crippen molar-refractivity contribution >= 4 is 75.9 Å². The van der Waals surface area contributed by atoms with Gasteiger partial charge in [0.2, 0.25) is 0 Å². The lowest BCUT2D eigenvalue weighted by molar-refractivity contribution is 0.795. The van der Waals surface area contributed by atoms with Crippen molar-refractivity contribution in [2.75, 3.05) is 0 Å². The summed E-state index contributed by atoms with van der Waals surface area (Å²) in [6, 6.07) is 73.1. The van der Waals surface area contributed by atoms with E-state index in [1.807, 2.05) is 33.1 Å². The van der Waals surface area contributed by atoms with Crippen LogP contribution in [0, 0.1) is 0 Å². The topological polar surface area (TPSA) is 43.0 Å². The van der Waals surface area contributed by atoms with Crippen molar-refractivity contribution in [3.63, 3.8) is 0 Å². The molecule has 0 unspecified atom stereocenters. The van der Waals surface area contributed by atoms with Crippen molar-refractivity contribution in [3.8, 4) is 44.5 Å². The lowest BCUT2D eigenvalue weighted by Crippen LogP contribution is -2.26. The van der Waals surface area contributed by atoms with Gasteiger partial charge in [-0.1, -0.05) is 182 Å². The fourth-order valence-corrected chi connectivity index (χ4v) is 13.0. The average Bonchev–Trinajstić information content (AvgIpc) is 4.10. The highest BCUT2D eigenvalue weighted by Crippen LogP contribution is 2.65. The van der Waals surface area contributed by atoms with Gasteiger partial charge in [-0.15, -0.1) is 0 Å². The van der Waals surface area contributed by atoms with Gasteiger partial charge in [0, 0.05) is 54.2 Å². The van der Waals surface area contributed by atoms with Gasteiger partial charge >= 0.3 is 0 Å². The molecule has 4 heterocycles. The molecule has 0 bridgehead atoms. The first-order chi connectivity index (χ1) is 33.1. The highest BCUT2D eigenvalue weighted by Gasteiger charge is 2.53. The number of fused-ring (bicyclic) bond motifs is 22. The van der Waals surface area contributed by atoms with Crippen molar-refractivity contribution in [3.05, 3.63) is 249 Å². The molecule has 0 radical (unpaired) electrons. The largest absolute Gasteiger partial charge is 0.274 e. The summed E-state index contributed by atoms with van der Waals surface area (Å²) in [4.78, 5) is 30.6. The summed E-state index contributed by atoms with van der Waals surface area (Å²) >= 11 is 0. The van der Waals surface area contributed by atoms with E-state index in [1.165, 1.54) is 11.1 Å². The summed E-state index contributed by atoms with van der Waals surface area (Å²) in [5, 5.41) is 9.70. The van der Waals surface area contributed by atoms with Gasteiger partial charge in [0.25, 0.3) is 11.1 Å². The average molecular weight is 851 g/mol. The first kappa shape index (κ1) is 35.5. The molecule has 16 rings (SSSR count). The van der Waals surface area contributed by atoms with Crippen molar-refractivity contribution in [2.24, 2.45) is 0 Å². The number of aromatic nitrogens is 2. The van der Waals surface area contributed by atoms with E-state index in [-0.39, 0.29) is 11.1 Å². The number of hydrogen-bond donors (Lipinski definition) is 0. The van der Waals surface area contributed by atoms with E-state index >= 15 is 9.59 Å². The Kier molecular flexibility index (Phi) is 6.50. The smallest absolute Gasteiger partial charge is 0.263 e. The molecule has 1 spiro atoms. The molecule has 0 amide bonds. The molecule has 0 atom stereocenters. The number of rotatable bonds is 2. The molecule has 4 aromatic heterocycles. The second kappa shape index (κ2) is 12.3. The molecule has 0 saturated heterocycles. The van der Waals surface area contributed by atoms with Crippen molar-refractivity contribution in [1.82, 2.24) is 8.80 Å². The molecule has 67 heavy (non-hydrogen) atoms. The summed E-state index contributed by atoms with van der Waals surface area (Å²) in [7, 11) is 0. The Bertz CT molecular complexity index is 4360. The molecule has 10 aromatic carbocycles. The van der Waals surface area contributed by atoms with E-state index in [0.717, 1.165) is 121 Å².